The summed E-state index contributed by atoms with van der Waals surface area (Å²) >= 11 is 0. The molecule has 21 heavy (non-hydrogen) atoms. The SMILES string of the molecule is O=C(O)[C@H]1CCCN1C(=O)C=Cc1ccc2c(c1)OCO2. The molecule has 1 fully saturated rings. The van der Waals surface area contributed by atoms with Crippen LogP contribution in [0, 0.1) is 0 Å². The third-order valence-electron chi connectivity index (χ3n) is 3.64. The minimum Gasteiger partial charge on any atom is -0.480 e. The molecular formula is C15H15NO5. The fourth-order valence-electron chi connectivity index (χ4n) is 2.57. The van der Waals surface area contributed by atoms with Crippen molar-refractivity contribution in [3.05, 3.63) is 29.8 Å². The van der Waals surface area contributed by atoms with Crippen LogP contribution in [0.2, 0.25) is 0 Å². The first-order chi connectivity index (χ1) is 10.1. The number of hydrogen-bond acceptors (Lipinski definition) is 4. The Morgan fingerprint density at radius 2 is 2.10 bits per heavy atom. The zero-order chi connectivity index (χ0) is 14.8. The second kappa shape index (κ2) is 5.47. The van der Waals surface area contributed by atoms with E-state index in [1.165, 1.54) is 11.0 Å². The molecule has 0 bridgehead atoms. The zero-order valence-electron chi connectivity index (χ0n) is 11.3. The summed E-state index contributed by atoms with van der Waals surface area (Å²) in [5, 5.41) is 9.08. The molecule has 2 aliphatic heterocycles. The number of amides is 1. The molecule has 0 aliphatic carbocycles. The van der Waals surface area contributed by atoms with Gasteiger partial charge in [0, 0.05) is 12.6 Å². The van der Waals surface area contributed by atoms with Gasteiger partial charge in [-0.3, -0.25) is 4.79 Å². The van der Waals surface area contributed by atoms with Crippen molar-refractivity contribution in [1.82, 2.24) is 4.90 Å². The topological polar surface area (TPSA) is 76.1 Å². The van der Waals surface area contributed by atoms with Crippen LogP contribution < -0.4 is 9.47 Å². The molecule has 2 heterocycles. The van der Waals surface area contributed by atoms with Crippen LogP contribution in [0.5, 0.6) is 11.5 Å². The van der Waals surface area contributed by atoms with E-state index in [0.717, 1.165) is 12.0 Å². The van der Waals surface area contributed by atoms with Gasteiger partial charge in [0.15, 0.2) is 11.5 Å². The molecule has 1 aromatic rings. The van der Waals surface area contributed by atoms with Gasteiger partial charge < -0.3 is 19.5 Å². The van der Waals surface area contributed by atoms with E-state index >= 15 is 0 Å². The zero-order valence-corrected chi connectivity index (χ0v) is 11.3. The molecule has 1 atom stereocenters. The number of ether oxygens (including phenoxy) is 2. The highest BCUT2D eigenvalue weighted by Gasteiger charge is 2.32. The molecule has 0 radical (unpaired) electrons. The van der Waals surface area contributed by atoms with Crippen LogP contribution in [0.4, 0.5) is 0 Å². The number of fused-ring (bicyclic) bond motifs is 1. The molecule has 3 rings (SSSR count). The van der Waals surface area contributed by atoms with Gasteiger partial charge in [-0.15, -0.1) is 0 Å². The van der Waals surface area contributed by atoms with E-state index in [-0.39, 0.29) is 12.7 Å². The van der Waals surface area contributed by atoms with Crippen LogP contribution in [0.3, 0.4) is 0 Å². The molecule has 6 nitrogen and oxygen atoms in total. The fraction of sp³-hybridized carbons (Fsp3) is 0.333. The summed E-state index contributed by atoms with van der Waals surface area (Å²) in [5.41, 5.74) is 0.804. The van der Waals surface area contributed by atoms with Crippen molar-refractivity contribution in [3.63, 3.8) is 0 Å². The number of rotatable bonds is 3. The highest BCUT2D eigenvalue weighted by Crippen LogP contribution is 2.32. The Morgan fingerprint density at radius 1 is 1.29 bits per heavy atom. The highest BCUT2D eigenvalue weighted by atomic mass is 16.7. The summed E-state index contributed by atoms with van der Waals surface area (Å²) in [6.07, 6.45) is 4.29. The molecule has 0 aromatic heterocycles. The molecular weight excluding hydrogens is 274 g/mol. The fourth-order valence-corrected chi connectivity index (χ4v) is 2.57. The molecule has 1 N–H and O–H groups in total. The lowest BCUT2D eigenvalue weighted by molar-refractivity contribution is -0.146. The summed E-state index contributed by atoms with van der Waals surface area (Å²) in [6.45, 7) is 0.691. The lowest BCUT2D eigenvalue weighted by atomic mass is 10.2. The number of carbonyl (C=O) groups is 2. The standard InChI is InChI=1S/C15H15NO5/c17-14(16-7-1-2-11(16)15(18)19)6-4-10-3-5-12-13(8-10)21-9-20-12/h3-6,8,11H,1-2,7,9H2,(H,18,19)/t11-/m1/s1. The second-order valence-electron chi connectivity index (χ2n) is 4.97. The molecule has 0 spiro atoms. The van der Waals surface area contributed by atoms with Crippen molar-refractivity contribution in [1.29, 1.82) is 0 Å². The van der Waals surface area contributed by atoms with E-state index < -0.39 is 12.0 Å². The van der Waals surface area contributed by atoms with Gasteiger partial charge in [0.05, 0.1) is 0 Å². The van der Waals surface area contributed by atoms with E-state index in [0.29, 0.717) is 24.5 Å². The summed E-state index contributed by atoms with van der Waals surface area (Å²) in [5.74, 6) is 0.105. The van der Waals surface area contributed by atoms with E-state index in [1.807, 2.05) is 6.07 Å². The first kappa shape index (κ1) is 13.5. The number of hydrogen-bond donors (Lipinski definition) is 1. The third-order valence-corrected chi connectivity index (χ3v) is 3.64. The van der Waals surface area contributed by atoms with Crippen LogP contribution in [0.25, 0.3) is 6.08 Å². The molecule has 0 unspecified atom stereocenters. The Morgan fingerprint density at radius 3 is 2.90 bits per heavy atom. The van der Waals surface area contributed by atoms with Crippen LogP contribution in [-0.4, -0.2) is 41.3 Å². The van der Waals surface area contributed by atoms with Crippen molar-refractivity contribution in [2.75, 3.05) is 13.3 Å². The van der Waals surface area contributed by atoms with Gasteiger partial charge in [-0.25, -0.2) is 4.79 Å². The van der Waals surface area contributed by atoms with E-state index in [2.05, 4.69) is 0 Å². The number of carboxylic acids is 1. The smallest absolute Gasteiger partial charge is 0.326 e. The average molecular weight is 289 g/mol. The molecule has 1 aromatic carbocycles. The quantitative estimate of drug-likeness (QED) is 0.853. The van der Waals surface area contributed by atoms with Gasteiger partial charge in [0.2, 0.25) is 12.7 Å². The molecule has 6 heteroatoms. The van der Waals surface area contributed by atoms with Crippen molar-refractivity contribution in [3.8, 4) is 11.5 Å². The predicted molar refractivity (Wildman–Crippen MR) is 74.0 cm³/mol. The Bertz CT molecular complexity index is 610. The number of nitrogens with zero attached hydrogens (tertiary/aromatic N) is 1. The Labute approximate surface area is 121 Å². The summed E-state index contributed by atoms with van der Waals surface area (Å²) in [6, 6.07) is 4.67. The van der Waals surface area contributed by atoms with Crippen LogP contribution in [0.15, 0.2) is 24.3 Å². The van der Waals surface area contributed by atoms with Crippen molar-refractivity contribution in [2.45, 2.75) is 18.9 Å². The third kappa shape index (κ3) is 2.69. The van der Waals surface area contributed by atoms with E-state index in [4.69, 9.17) is 14.6 Å². The van der Waals surface area contributed by atoms with Crippen molar-refractivity contribution >= 4 is 18.0 Å². The summed E-state index contributed by atoms with van der Waals surface area (Å²) in [4.78, 5) is 24.6. The average Bonchev–Trinajstić information content (AvgIpc) is 3.12. The Balaban J connectivity index is 1.71. The van der Waals surface area contributed by atoms with Crippen molar-refractivity contribution < 1.29 is 24.2 Å². The number of benzene rings is 1. The van der Waals surface area contributed by atoms with Gasteiger partial charge >= 0.3 is 5.97 Å². The Hall–Kier alpha value is -2.50. The van der Waals surface area contributed by atoms with Crippen LogP contribution in [0.1, 0.15) is 18.4 Å². The maximum Gasteiger partial charge on any atom is 0.326 e. The second-order valence-corrected chi connectivity index (χ2v) is 4.97. The maximum atomic E-state index is 12.1. The van der Waals surface area contributed by atoms with Gasteiger partial charge in [-0.1, -0.05) is 6.07 Å². The molecule has 1 amide bonds. The molecule has 1 saturated heterocycles. The summed E-state index contributed by atoms with van der Waals surface area (Å²) < 4.78 is 10.5. The van der Waals surface area contributed by atoms with E-state index in [1.54, 1.807) is 18.2 Å². The van der Waals surface area contributed by atoms with E-state index in [9.17, 15) is 9.59 Å². The predicted octanol–water partition coefficient (Wildman–Crippen LogP) is 1.50. The molecule has 2 aliphatic rings. The minimum absolute atomic E-state index is 0.204. The molecule has 110 valence electrons. The lowest BCUT2D eigenvalue weighted by Crippen LogP contribution is -2.39. The minimum atomic E-state index is -0.947. The number of aliphatic carboxylic acids is 1. The van der Waals surface area contributed by atoms with Gasteiger partial charge in [-0.2, -0.15) is 0 Å². The normalized spacial score (nSPS) is 20.2. The first-order valence-corrected chi connectivity index (χ1v) is 6.76. The van der Waals surface area contributed by atoms with Gasteiger partial charge in [0.25, 0.3) is 0 Å². The van der Waals surface area contributed by atoms with Gasteiger partial charge in [-0.05, 0) is 36.6 Å². The Kier molecular flexibility index (Phi) is 3.51. The monoisotopic (exact) mass is 289 g/mol. The lowest BCUT2D eigenvalue weighted by Gasteiger charge is -2.19. The number of carbonyl (C=O) groups excluding carboxylic acids is 1. The van der Waals surface area contributed by atoms with Crippen LogP contribution >= 0.6 is 0 Å². The van der Waals surface area contributed by atoms with Gasteiger partial charge in [0.1, 0.15) is 6.04 Å². The highest BCUT2D eigenvalue weighted by molar-refractivity contribution is 5.94. The number of likely N-dealkylation sites (tertiary alicyclic amines) is 1. The summed E-state index contributed by atoms with van der Waals surface area (Å²) in [7, 11) is 0. The molecule has 0 saturated carbocycles. The maximum absolute atomic E-state index is 12.1. The largest absolute Gasteiger partial charge is 0.480 e. The first-order valence-electron chi connectivity index (χ1n) is 6.76. The van der Waals surface area contributed by atoms with Crippen molar-refractivity contribution in [2.24, 2.45) is 0 Å². The number of carboxylic acid groups (broad SMARTS) is 1. The van der Waals surface area contributed by atoms with Crippen LogP contribution in [-0.2, 0) is 9.59 Å².